The van der Waals surface area contributed by atoms with Crippen molar-refractivity contribution in [2.45, 2.75) is 0 Å². The maximum absolute atomic E-state index is 4.35. The highest BCUT2D eigenvalue weighted by Gasteiger charge is 2.02. The third-order valence-electron chi connectivity index (χ3n) is 1.99. The number of fused-ring (bicyclic) bond motifs is 1. The molecular weight excluding hydrogens is 192 g/mol. The van der Waals surface area contributed by atoms with Gasteiger partial charge in [0.25, 0.3) is 0 Å². The fraction of sp³-hybridized carbons (Fsp3) is 0. The van der Waals surface area contributed by atoms with Crippen LogP contribution in [-0.4, -0.2) is 30.2 Å². The molecule has 0 spiro atoms. The Morgan fingerprint density at radius 3 is 2.73 bits per heavy atom. The van der Waals surface area contributed by atoms with Gasteiger partial charge in [-0.3, -0.25) is 4.98 Å². The van der Waals surface area contributed by atoms with E-state index in [2.05, 4.69) is 25.4 Å². The Hall–Kier alpha value is -2.37. The topological polar surface area (TPSA) is 69.4 Å². The van der Waals surface area contributed by atoms with Gasteiger partial charge in [0.15, 0.2) is 12.1 Å². The summed E-state index contributed by atoms with van der Waals surface area (Å²) in [5, 5.41) is 11.2. The van der Waals surface area contributed by atoms with Crippen LogP contribution in [0.15, 0.2) is 36.8 Å². The van der Waals surface area contributed by atoms with Gasteiger partial charge in [-0.1, -0.05) is 12.1 Å². The molecule has 15 heavy (non-hydrogen) atoms. The van der Waals surface area contributed by atoms with Crippen LogP contribution >= 0.6 is 0 Å². The molecule has 0 aliphatic rings. The van der Waals surface area contributed by atoms with Gasteiger partial charge in [0.05, 0.1) is 17.2 Å². The summed E-state index contributed by atoms with van der Waals surface area (Å²) in [7, 11) is 0. The second-order valence-corrected chi connectivity index (χ2v) is 2.94. The SMILES string of the molecule is c1ccc2nc(-n3ncnn3)cnc2c1. The highest BCUT2D eigenvalue weighted by Crippen LogP contribution is 2.09. The molecule has 72 valence electrons. The molecule has 0 unspecified atom stereocenters. The minimum Gasteiger partial charge on any atom is -0.251 e. The fourth-order valence-electron chi connectivity index (χ4n) is 1.32. The summed E-state index contributed by atoms with van der Waals surface area (Å²) in [6.45, 7) is 0. The summed E-state index contributed by atoms with van der Waals surface area (Å²) in [6, 6.07) is 7.63. The van der Waals surface area contributed by atoms with Crippen molar-refractivity contribution in [3.63, 3.8) is 0 Å². The standard InChI is InChI=1S/C9H6N6/c1-2-4-8-7(3-1)10-5-9(13-8)15-12-6-11-14-15/h1-6H. The molecule has 3 rings (SSSR count). The van der Waals surface area contributed by atoms with Crippen LogP contribution in [-0.2, 0) is 0 Å². The molecule has 0 saturated carbocycles. The molecule has 0 fully saturated rings. The third-order valence-corrected chi connectivity index (χ3v) is 1.99. The Labute approximate surface area is 84.6 Å². The quantitative estimate of drug-likeness (QED) is 0.572. The minimum absolute atomic E-state index is 0.561. The van der Waals surface area contributed by atoms with Crippen molar-refractivity contribution in [3.8, 4) is 5.82 Å². The molecule has 1 aromatic carbocycles. The Morgan fingerprint density at radius 2 is 1.93 bits per heavy atom. The van der Waals surface area contributed by atoms with E-state index in [1.807, 2.05) is 24.3 Å². The lowest BCUT2D eigenvalue weighted by molar-refractivity contribution is 0.700. The van der Waals surface area contributed by atoms with Crippen molar-refractivity contribution in [2.24, 2.45) is 0 Å². The summed E-state index contributed by atoms with van der Waals surface area (Å²) in [6.07, 6.45) is 2.97. The molecule has 0 bridgehead atoms. The predicted molar refractivity (Wildman–Crippen MR) is 52.3 cm³/mol. The average Bonchev–Trinajstić information content (AvgIpc) is 2.82. The molecule has 0 amide bonds. The molecule has 0 radical (unpaired) electrons. The monoisotopic (exact) mass is 198 g/mol. The predicted octanol–water partition coefficient (Wildman–Crippen LogP) is 0.605. The van der Waals surface area contributed by atoms with E-state index in [1.54, 1.807) is 6.20 Å². The van der Waals surface area contributed by atoms with Gasteiger partial charge < -0.3 is 0 Å². The van der Waals surface area contributed by atoms with E-state index in [0.717, 1.165) is 11.0 Å². The van der Waals surface area contributed by atoms with Gasteiger partial charge in [0.2, 0.25) is 0 Å². The van der Waals surface area contributed by atoms with Crippen molar-refractivity contribution in [2.75, 3.05) is 0 Å². The smallest absolute Gasteiger partial charge is 0.195 e. The molecule has 3 aromatic rings. The van der Waals surface area contributed by atoms with Crippen LogP contribution in [0.25, 0.3) is 16.9 Å². The van der Waals surface area contributed by atoms with Gasteiger partial charge >= 0.3 is 0 Å². The summed E-state index contributed by atoms with van der Waals surface area (Å²) in [5.41, 5.74) is 1.66. The number of hydrogen-bond acceptors (Lipinski definition) is 5. The lowest BCUT2D eigenvalue weighted by Gasteiger charge is -1.98. The Bertz CT molecular complexity index is 588. The Balaban J connectivity index is 2.22. The van der Waals surface area contributed by atoms with Crippen LogP contribution in [0.3, 0.4) is 0 Å². The molecule has 6 heteroatoms. The van der Waals surface area contributed by atoms with E-state index in [-0.39, 0.29) is 0 Å². The number of tetrazole rings is 1. The van der Waals surface area contributed by atoms with Crippen LogP contribution in [0.2, 0.25) is 0 Å². The summed E-state index contributed by atoms with van der Waals surface area (Å²) >= 11 is 0. The number of benzene rings is 1. The van der Waals surface area contributed by atoms with Crippen LogP contribution < -0.4 is 0 Å². The Kier molecular flexibility index (Phi) is 1.64. The molecule has 2 heterocycles. The van der Waals surface area contributed by atoms with E-state index >= 15 is 0 Å². The van der Waals surface area contributed by atoms with Crippen molar-refractivity contribution in [1.82, 2.24) is 30.2 Å². The number of hydrogen-bond donors (Lipinski definition) is 0. The first-order chi connectivity index (χ1) is 7.43. The van der Waals surface area contributed by atoms with Crippen LogP contribution in [0, 0.1) is 0 Å². The zero-order valence-electron chi connectivity index (χ0n) is 7.65. The summed E-state index contributed by atoms with van der Waals surface area (Å²) in [5.74, 6) is 0.561. The van der Waals surface area contributed by atoms with Gasteiger partial charge in [0.1, 0.15) is 0 Å². The molecule has 0 aliphatic carbocycles. The molecule has 6 nitrogen and oxygen atoms in total. The summed E-state index contributed by atoms with van der Waals surface area (Å²) < 4.78 is 0. The average molecular weight is 198 g/mol. The second kappa shape index (κ2) is 3.09. The first-order valence-electron chi connectivity index (χ1n) is 4.39. The van der Waals surface area contributed by atoms with Gasteiger partial charge in [0, 0.05) is 0 Å². The van der Waals surface area contributed by atoms with Crippen molar-refractivity contribution in [1.29, 1.82) is 0 Å². The molecule has 0 N–H and O–H groups in total. The second-order valence-electron chi connectivity index (χ2n) is 2.94. The van der Waals surface area contributed by atoms with E-state index in [4.69, 9.17) is 0 Å². The van der Waals surface area contributed by atoms with Crippen molar-refractivity contribution < 1.29 is 0 Å². The lowest BCUT2D eigenvalue weighted by Crippen LogP contribution is -2.02. The van der Waals surface area contributed by atoms with Gasteiger partial charge in [-0.25, -0.2) is 4.98 Å². The lowest BCUT2D eigenvalue weighted by atomic mass is 10.3. The van der Waals surface area contributed by atoms with Crippen LogP contribution in [0.5, 0.6) is 0 Å². The van der Waals surface area contributed by atoms with E-state index in [1.165, 1.54) is 11.1 Å². The van der Waals surface area contributed by atoms with E-state index < -0.39 is 0 Å². The first kappa shape index (κ1) is 7.98. The highest BCUT2D eigenvalue weighted by molar-refractivity contribution is 5.74. The first-order valence-corrected chi connectivity index (χ1v) is 4.39. The van der Waals surface area contributed by atoms with Crippen molar-refractivity contribution >= 4 is 11.0 Å². The molecule has 2 aromatic heterocycles. The molecule has 0 aliphatic heterocycles. The number of rotatable bonds is 1. The Morgan fingerprint density at radius 1 is 1.07 bits per heavy atom. The normalized spacial score (nSPS) is 10.7. The maximum Gasteiger partial charge on any atom is 0.195 e. The number of nitrogens with zero attached hydrogens (tertiary/aromatic N) is 6. The van der Waals surface area contributed by atoms with Gasteiger partial charge in [-0.2, -0.15) is 0 Å². The minimum atomic E-state index is 0.561. The van der Waals surface area contributed by atoms with Gasteiger partial charge in [-0.15, -0.1) is 15.0 Å². The maximum atomic E-state index is 4.35. The molecular formula is C9H6N6. The third kappa shape index (κ3) is 1.32. The van der Waals surface area contributed by atoms with Crippen LogP contribution in [0.4, 0.5) is 0 Å². The molecule has 0 atom stereocenters. The number of aromatic nitrogens is 6. The van der Waals surface area contributed by atoms with Gasteiger partial charge in [-0.05, 0) is 17.3 Å². The summed E-state index contributed by atoms with van der Waals surface area (Å²) in [4.78, 5) is 9.93. The van der Waals surface area contributed by atoms with E-state index in [0.29, 0.717) is 5.82 Å². The largest absolute Gasteiger partial charge is 0.251 e. The number of para-hydroxylation sites is 2. The van der Waals surface area contributed by atoms with Crippen LogP contribution in [0.1, 0.15) is 0 Å². The van der Waals surface area contributed by atoms with E-state index in [9.17, 15) is 0 Å². The van der Waals surface area contributed by atoms with Crippen molar-refractivity contribution in [3.05, 3.63) is 36.8 Å². The fourth-order valence-corrected chi connectivity index (χ4v) is 1.32. The molecule has 0 saturated heterocycles. The zero-order chi connectivity index (χ0) is 10.1. The zero-order valence-corrected chi connectivity index (χ0v) is 7.65. The highest BCUT2D eigenvalue weighted by atomic mass is 15.6.